The van der Waals surface area contributed by atoms with Crippen LogP contribution in [0.1, 0.15) is 43.3 Å². The lowest BCUT2D eigenvalue weighted by molar-refractivity contribution is -0.145. The number of piperidine rings is 1. The maximum atomic E-state index is 12.7. The van der Waals surface area contributed by atoms with Crippen LogP contribution in [0.4, 0.5) is 23.8 Å². The van der Waals surface area contributed by atoms with E-state index in [9.17, 15) is 22.8 Å². The van der Waals surface area contributed by atoms with Gasteiger partial charge in [0, 0.05) is 24.3 Å². The lowest BCUT2D eigenvalue weighted by Crippen LogP contribution is -2.49. The van der Waals surface area contributed by atoms with Crippen molar-refractivity contribution >= 4 is 17.8 Å². The average Bonchev–Trinajstić information content (AvgIpc) is 2.59. The Bertz CT molecular complexity index is 710. The van der Waals surface area contributed by atoms with E-state index in [0.29, 0.717) is 31.5 Å². The van der Waals surface area contributed by atoms with Gasteiger partial charge in [0.15, 0.2) is 0 Å². The van der Waals surface area contributed by atoms with E-state index in [1.54, 1.807) is 4.90 Å². The highest BCUT2D eigenvalue weighted by molar-refractivity contribution is 5.84. The third kappa shape index (κ3) is 5.46. The van der Waals surface area contributed by atoms with Gasteiger partial charge in [-0.1, -0.05) is 0 Å². The van der Waals surface area contributed by atoms with Crippen LogP contribution in [0.15, 0.2) is 0 Å². The van der Waals surface area contributed by atoms with Gasteiger partial charge in [-0.25, -0.2) is 14.8 Å². The molecule has 1 fully saturated rings. The van der Waals surface area contributed by atoms with Gasteiger partial charge in [-0.15, -0.1) is 0 Å². The number of carbonyl (C=O) groups excluding carboxylic acids is 1. The molecule has 0 radical (unpaired) electrons. The molecule has 4 N–H and O–H groups in total. The first-order valence-corrected chi connectivity index (χ1v) is 8.97. The molecule has 1 aromatic heterocycles. The summed E-state index contributed by atoms with van der Waals surface area (Å²) < 4.78 is 38.2. The summed E-state index contributed by atoms with van der Waals surface area (Å²) in [5.41, 5.74) is 6.45. The Balaban J connectivity index is 1.89. The van der Waals surface area contributed by atoms with Crippen molar-refractivity contribution in [2.45, 2.75) is 51.7 Å². The van der Waals surface area contributed by atoms with E-state index in [0.717, 1.165) is 12.8 Å². The number of likely N-dealkylation sites (tertiary alicyclic amines) is 1. The van der Waals surface area contributed by atoms with Crippen LogP contribution in [0.5, 0.6) is 0 Å². The fraction of sp³-hybridized carbons (Fsp3) is 0.647. The lowest BCUT2D eigenvalue weighted by Gasteiger charge is -2.33. The summed E-state index contributed by atoms with van der Waals surface area (Å²) in [6.45, 7) is 4.00. The molecule has 2 rings (SSSR count). The maximum absolute atomic E-state index is 12.7. The number of nitrogens with zero attached hydrogens (tertiary/aromatic N) is 3. The molecule has 1 aliphatic heterocycles. The standard InChI is InChI=1S/C17H24F3N5O3/c1-9-12(13(21)24-15(22-9)17(18,19)20)4-3-11-5-7-25(8-6-11)14(26)10(2)23-16(27)28/h10-11,23H,3-8H2,1-2H3,(H,27,28)(H2,21,22,24). The van der Waals surface area contributed by atoms with Gasteiger partial charge in [0.25, 0.3) is 0 Å². The van der Waals surface area contributed by atoms with E-state index in [-0.39, 0.29) is 23.3 Å². The fourth-order valence-electron chi connectivity index (χ4n) is 3.37. The number of aryl methyl sites for hydroxylation is 1. The molecule has 0 bridgehead atoms. The van der Waals surface area contributed by atoms with Gasteiger partial charge < -0.3 is 21.1 Å². The van der Waals surface area contributed by atoms with E-state index in [1.807, 2.05) is 0 Å². The van der Waals surface area contributed by atoms with Crippen LogP contribution in [-0.2, 0) is 17.4 Å². The number of anilines is 1. The average molecular weight is 403 g/mol. The molecule has 0 aromatic carbocycles. The monoisotopic (exact) mass is 403 g/mol. The molecule has 11 heteroatoms. The number of nitrogens with one attached hydrogen (secondary N) is 1. The maximum Gasteiger partial charge on any atom is 0.451 e. The predicted octanol–water partition coefficient (Wildman–Crippen LogP) is 2.21. The zero-order valence-corrected chi connectivity index (χ0v) is 15.7. The van der Waals surface area contributed by atoms with Gasteiger partial charge in [-0.2, -0.15) is 13.2 Å². The Kier molecular flexibility index (Phi) is 6.68. The molecule has 28 heavy (non-hydrogen) atoms. The smallest absolute Gasteiger partial charge is 0.451 e. The molecular weight excluding hydrogens is 379 g/mol. The Morgan fingerprint density at radius 3 is 2.43 bits per heavy atom. The number of carboxylic acid groups (broad SMARTS) is 1. The van der Waals surface area contributed by atoms with Gasteiger partial charge in [0.2, 0.25) is 11.7 Å². The summed E-state index contributed by atoms with van der Waals surface area (Å²) in [6, 6.07) is -0.805. The molecule has 2 heterocycles. The molecule has 1 saturated heterocycles. The molecular formula is C17H24F3N5O3. The largest absolute Gasteiger partial charge is 0.465 e. The van der Waals surface area contributed by atoms with Crippen molar-refractivity contribution in [2.75, 3.05) is 18.8 Å². The zero-order valence-electron chi connectivity index (χ0n) is 15.7. The van der Waals surface area contributed by atoms with Gasteiger partial charge >= 0.3 is 12.3 Å². The number of halogens is 3. The van der Waals surface area contributed by atoms with Gasteiger partial charge in [0.05, 0.1) is 0 Å². The summed E-state index contributed by atoms with van der Waals surface area (Å²) in [4.78, 5) is 31.4. The minimum atomic E-state index is -4.64. The third-order valence-corrected chi connectivity index (χ3v) is 4.94. The SMILES string of the molecule is Cc1nc(C(F)(F)F)nc(N)c1CCC1CCN(C(=O)C(C)NC(=O)O)CC1. The summed E-state index contributed by atoms with van der Waals surface area (Å²) in [5.74, 6) is -1.37. The summed E-state index contributed by atoms with van der Waals surface area (Å²) in [7, 11) is 0. The Morgan fingerprint density at radius 1 is 1.32 bits per heavy atom. The zero-order chi connectivity index (χ0) is 21.1. The van der Waals surface area contributed by atoms with Crippen LogP contribution in [0.25, 0.3) is 0 Å². The fourth-order valence-corrected chi connectivity index (χ4v) is 3.37. The van der Waals surface area contributed by atoms with E-state index in [1.165, 1.54) is 13.8 Å². The normalized spacial score (nSPS) is 16.7. The number of carbonyl (C=O) groups is 2. The van der Waals surface area contributed by atoms with Crippen molar-refractivity contribution in [3.05, 3.63) is 17.1 Å². The second-order valence-electron chi connectivity index (χ2n) is 6.97. The molecule has 2 amide bonds. The predicted molar refractivity (Wildman–Crippen MR) is 94.4 cm³/mol. The van der Waals surface area contributed by atoms with E-state index >= 15 is 0 Å². The molecule has 0 aliphatic carbocycles. The van der Waals surface area contributed by atoms with Crippen LogP contribution in [-0.4, -0.2) is 51.1 Å². The van der Waals surface area contributed by atoms with Crippen LogP contribution in [0.2, 0.25) is 0 Å². The van der Waals surface area contributed by atoms with Crippen molar-refractivity contribution in [3.8, 4) is 0 Å². The lowest BCUT2D eigenvalue weighted by atomic mass is 9.90. The van der Waals surface area contributed by atoms with Crippen LogP contribution in [0, 0.1) is 12.8 Å². The van der Waals surface area contributed by atoms with Gasteiger partial charge in [-0.3, -0.25) is 4.79 Å². The van der Waals surface area contributed by atoms with Gasteiger partial charge in [-0.05, 0) is 45.4 Å². The van der Waals surface area contributed by atoms with Crippen molar-refractivity contribution in [2.24, 2.45) is 5.92 Å². The first kappa shape index (κ1) is 21.7. The molecule has 156 valence electrons. The molecule has 0 saturated carbocycles. The van der Waals surface area contributed by atoms with Crippen LogP contribution < -0.4 is 11.1 Å². The van der Waals surface area contributed by atoms with E-state index in [4.69, 9.17) is 10.8 Å². The summed E-state index contributed by atoms with van der Waals surface area (Å²) in [5, 5.41) is 10.8. The van der Waals surface area contributed by atoms with Crippen molar-refractivity contribution in [1.82, 2.24) is 20.2 Å². The van der Waals surface area contributed by atoms with Crippen molar-refractivity contribution in [1.29, 1.82) is 0 Å². The van der Waals surface area contributed by atoms with E-state index < -0.39 is 24.1 Å². The molecule has 1 unspecified atom stereocenters. The van der Waals surface area contributed by atoms with E-state index in [2.05, 4.69) is 15.3 Å². The topological polar surface area (TPSA) is 121 Å². The second-order valence-corrected chi connectivity index (χ2v) is 6.97. The summed E-state index contributed by atoms with van der Waals surface area (Å²) in [6.07, 6.45) is -3.26. The van der Waals surface area contributed by atoms with Crippen LogP contribution in [0.3, 0.4) is 0 Å². The number of nitrogens with two attached hydrogens (primary N) is 1. The van der Waals surface area contributed by atoms with Crippen LogP contribution >= 0.6 is 0 Å². The minimum absolute atomic E-state index is 0.152. The Hall–Kier alpha value is -2.59. The molecule has 1 atom stereocenters. The summed E-state index contributed by atoms with van der Waals surface area (Å²) >= 11 is 0. The minimum Gasteiger partial charge on any atom is -0.465 e. The van der Waals surface area contributed by atoms with Crippen molar-refractivity contribution < 1.29 is 27.9 Å². The molecule has 1 aromatic rings. The number of amides is 2. The first-order chi connectivity index (χ1) is 13.0. The Morgan fingerprint density at radius 2 is 1.93 bits per heavy atom. The highest BCUT2D eigenvalue weighted by Gasteiger charge is 2.35. The highest BCUT2D eigenvalue weighted by atomic mass is 19.4. The number of hydrogen-bond acceptors (Lipinski definition) is 5. The number of hydrogen-bond donors (Lipinski definition) is 3. The highest BCUT2D eigenvalue weighted by Crippen LogP contribution is 2.30. The number of aromatic nitrogens is 2. The Labute approximate surface area is 160 Å². The quantitative estimate of drug-likeness (QED) is 0.693. The third-order valence-electron chi connectivity index (χ3n) is 4.94. The number of rotatable bonds is 5. The number of alkyl halides is 3. The number of nitrogen functional groups attached to an aromatic ring is 1. The van der Waals surface area contributed by atoms with Gasteiger partial charge in [0.1, 0.15) is 11.9 Å². The molecule has 0 spiro atoms. The molecule has 1 aliphatic rings. The van der Waals surface area contributed by atoms with Crippen molar-refractivity contribution in [3.63, 3.8) is 0 Å². The molecule has 8 nitrogen and oxygen atoms in total. The second kappa shape index (κ2) is 8.61. The first-order valence-electron chi connectivity index (χ1n) is 8.97.